The van der Waals surface area contributed by atoms with E-state index < -0.39 is 0 Å². The van der Waals surface area contributed by atoms with E-state index in [1.54, 1.807) is 12.1 Å². The molecule has 0 radical (unpaired) electrons. The molecule has 0 heterocycles. The van der Waals surface area contributed by atoms with Gasteiger partial charge >= 0.3 is 0 Å². The van der Waals surface area contributed by atoms with Gasteiger partial charge in [-0.3, -0.25) is 4.79 Å². The summed E-state index contributed by atoms with van der Waals surface area (Å²) >= 11 is 0. The van der Waals surface area contributed by atoms with Crippen LogP contribution in [0.15, 0.2) is 78.9 Å². The van der Waals surface area contributed by atoms with Gasteiger partial charge in [0.2, 0.25) is 0 Å². The number of nitrogens with one attached hydrogen (secondary N) is 1. The molecule has 0 aliphatic heterocycles. The molecule has 0 saturated carbocycles. The van der Waals surface area contributed by atoms with Gasteiger partial charge in [0.1, 0.15) is 30.5 Å². The van der Waals surface area contributed by atoms with Crippen molar-refractivity contribution in [2.45, 2.75) is 20.3 Å². The second-order valence-electron chi connectivity index (χ2n) is 7.54. The zero-order valence-corrected chi connectivity index (χ0v) is 18.0. The average molecular weight is 420 g/mol. The van der Waals surface area contributed by atoms with Crippen LogP contribution in [0.4, 0.5) is 5.69 Å². The zero-order chi connectivity index (χ0) is 21.9. The van der Waals surface area contributed by atoms with Crippen molar-refractivity contribution < 1.29 is 19.0 Å². The van der Waals surface area contributed by atoms with Crippen LogP contribution in [0.3, 0.4) is 0 Å². The molecule has 1 N–H and O–H groups in total. The Bertz CT molecular complexity index is 922. The predicted molar refractivity (Wildman–Crippen MR) is 123 cm³/mol. The molecule has 0 bridgehead atoms. The summed E-state index contributed by atoms with van der Waals surface area (Å²) in [4.78, 5) is 12.5. The van der Waals surface area contributed by atoms with E-state index in [1.807, 2.05) is 66.7 Å². The fraction of sp³-hybridized carbons (Fsp3) is 0.269. The van der Waals surface area contributed by atoms with Crippen LogP contribution in [0.5, 0.6) is 17.2 Å². The van der Waals surface area contributed by atoms with Crippen molar-refractivity contribution in [1.82, 2.24) is 0 Å². The van der Waals surface area contributed by atoms with Crippen LogP contribution in [-0.2, 0) is 0 Å². The number of para-hydroxylation sites is 1. The number of anilines is 1. The van der Waals surface area contributed by atoms with Crippen molar-refractivity contribution in [3.63, 3.8) is 0 Å². The van der Waals surface area contributed by atoms with E-state index >= 15 is 0 Å². The first-order chi connectivity index (χ1) is 15.1. The lowest BCUT2D eigenvalue weighted by atomic mass is 10.1. The van der Waals surface area contributed by atoms with Gasteiger partial charge in [-0.15, -0.1) is 0 Å². The maximum Gasteiger partial charge on any atom is 0.255 e. The van der Waals surface area contributed by atoms with Gasteiger partial charge in [-0.25, -0.2) is 0 Å². The second kappa shape index (κ2) is 11.6. The lowest BCUT2D eigenvalue weighted by Crippen LogP contribution is -2.12. The molecule has 162 valence electrons. The lowest BCUT2D eigenvalue weighted by Gasteiger charge is -2.10. The van der Waals surface area contributed by atoms with E-state index in [0.717, 1.165) is 23.7 Å². The summed E-state index contributed by atoms with van der Waals surface area (Å²) < 4.78 is 17.0. The standard InChI is InChI=1S/C26H29NO4/c1-20(2)16-17-29-24-12-8-21(9-13-24)26(28)27-22-10-14-25(15-11-22)31-19-18-30-23-6-4-3-5-7-23/h3-15,20H,16-19H2,1-2H3,(H,27,28). The SMILES string of the molecule is CC(C)CCOc1ccc(C(=O)Nc2ccc(OCCOc3ccccc3)cc2)cc1. The summed E-state index contributed by atoms with van der Waals surface area (Å²) in [5.74, 6) is 2.75. The summed E-state index contributed by atoms with van der Waals surface area (Å²) in [6.07, 6.45) is 1.00. The fourth-order valence-corrected chi connectivity index (χ4v) is 2.79. The summed E-state index contributed by atoms with van der Waals surface area (Å²) in [5, 5.41) is 2.89. The molecule has 5 heteroatoms. The Hall–Kier alpha value is -3.47. The predicted octanol–water partition coefficient (Wildman–Crippen LogP) is 5.82. The first kappa shape index (κ1) is 22.2. The number of rotatable bonds is 11. The number of carbonyl (C=O) groups is 1. The van der Waals surface area contributed by atoms with Crippen molar-refractivity contribution >= 4 is 11.6 Å². The van der Waals surface area contributed by atoms with Gasteiger partial charge in [0.25, 0.3) is 5.91 Å². The summed E-state index contributed by atoms with van der Waals surface area (Å²) in [6, 6.07) is 24.1. The molecular formula is C26H29NO4. The molecule has 0 unspecified atom stereocenters. The molecule has 31 heavy (non-hydrogen) atoms. The van der Waals surface area contributed by atoms with E-state index in [0.29, 0.717) is 37.0 Å². The lowest BCUT2D eigenvalue weighted by molar-refractivity contribution is 0.102. The Labute approximate surface area is 184 Å². The average Bonchev–Trinajstić information content (AvgIpc) is 2.79. The normalized spacial score (nSPS) is 10.5. The maximum absolute atomic E-state index is 12.5. The number of hydrogen-bond donors (Lipinski definition) is 1. The highest BCUT2D eigenvalue weighted by Crippen LogP contribution is 2.18. The number of benzene rings is 3. The number of carbonyl (C=O) groups excluding carboxylic acids is 1. The minimum absolute atomic E-state index is 0.168. The highest BCUT2D eigenvalue weighted by Gasteiger charge is 2.07. The quantitative estimate of drug-likeness (QED) is 0.398. The molecule has 3 aromatic carbocycles. The number of amides is 1. The van der Waals surface area contributed by atoms with Gasteiger partial charge in [-0.05, 0) is 73.0 Å². The minimum atomic E-state index is -0.168. The third-order valence-corrected chi connectivity index (χ3v) is 4.56. The second-order valence-corrected chi connectivity index (χ2v) is 7.54. The Morgan fingerprint density at radius 2 is 1.23 bits per heavy atom. The molecule has 1 amide bonds. The van der Waals surface area contributed by atoms with E-state index in [9.17, 15) is 4.79 Å². The van der Waals surface area contributed by atoms with E-state index in [4.69, 9.17) is 14.2 Å². The Kier molecular flexibility index (Phi) is 8.35. The van der Waals surface area contributed by atoms with Crippen molar-refractivity contribution in [2.24, 2.45) is 5.92 Å². The monoisotopic (exact) mass is 419 g/mol. The van der Waals surface area contributed by atoms with Crippen LogP contribution in [0.2, 0.25) is 0 Å². The zero-order valence-electron chi connectivity index (χ0n) is 18.0. The van der Waals surface area contributed by atoms with Crippen LogP contribution in [0, 0.1) is 5.92 Å². The Morgan fingerprint density at radius 1 is 0.710 bits per heavy atom. The topological polar surface area (TPSA) is 56.8 Å². The summed E-state index contributed by atoms with van der Waals surface area (Å²) in [6.45, 7) is 5.90. The molecule has 5 nitrogen and oxygen atoms in total. The van der Waals surface area contributed by atoms with Gasteiger partial charge < -0.3 is 19.5 Å². The van der Waals surface area contributed by atoms with Gasteiger partial charge in [0.05, 0.1) is 6.61 Å². The first-order valence-electron chi connectivity index (χ1n) is 10.5. The molecule has 3 rings (SSSR count). The van der Waals surface area contributed by atoms with Crippen LogP contribution in [0.25, 0.3) is 0 Å². The highest BCUT2D eigenvalue weighted by molar-refractivity contribution is 6.04. The van der Waals surface area contributed by atoms with Crippen molar-refractivity contribution in [1.29, 1.82) is 0 Å². The molecule has 3 aromatic rings. The van der Waals surface area contributed by atoms with Crippen molar-refractivity contribution in [3.8, 4) is 17.2 Å². The van der Waals surface area contributed by atoms with Crippen molar-refractivity contribution in [2.75, 3.05) is 25.1 Å². The third-order valence-electron chi connectivity index (χ3n) is 4.56. The summed E-state index contributed by atoms with van der Waals surface area (Å²) in [5.41, 5.74) is 1.28. The molecule has 0 saturated heterocycles. The van der Waals surface area contributed by atoms with E-state index in [2.05, 4.69) is 19.2 Å². The minimum Gasteiger partial charge on any atom is -0.494 e. The third kappa shape index (κ3) is 7.70. The molecule has 0 spiro atoms. The van der Waals surface area contributed by atoms with Crippen LogP contribution < -0.4 is 19.5 Å². The van der Waals surface area contributed by atoms with Crippen LogP contribution in [-0.4, -0.2) is 25.7 Å². The molecule has 0 atom stereocenters. The Morgan fingerprint density at radius 3 is 1.81 bits per heavy atom. The Balaban J connectivity index is 1.42. The molecule has 0 aliphatic carbocycles. The van der Waals surface area contributed by atoms with E-state index in [-0.39, 0.29) is 5.91 Å². The molecule has 0 aliphatic rings. The number of hydrogen-bond acceptors (Lipinski definition) is 4. The number of ether oxygens (including phenoxy) is 3. The first-order valence-corrected chi connectivity index (χ1v) is 10.5. The molecule has 0 fully saturated rings. The van der Waals surface area contributed by atoms with Gasteiger partial charge in [0, 0.05) is 11.3 Å². The molecular weight excluding hydrogens is 390 g/mol. The highest BCUT2D eigenvalue weighted by atomic mass is 16.5. The van der Waals surface area contributed by atoms with Crippen LogP contribution >= 0.6 is 0 Å². The molecule has 0 aromatic heterocycles. The maximum atomic E-state index is 12.5. The summed E-state index contributed by atoms with van der Waals surface area (Å²) in [7, 11) is 0. The van der Waals surface area contributed by atoms with Gasteiger partial charge in [0.15, 0.2) is 0 Å². The smallest absolute Gasteiger partial charge is 0.255 e. The van der Waals surface area contributed by atoms with Gasteiger partial charge in [-0.1, -0.05) is 32.0 Å². The van der Waals surface area contributed by atoms with E-state index in [1.165, 1.54) is 0 Å². The van der Waals surface area contributed by atoms with Crippen LogP contribution in [0.1, 0.15) is 30.6 Å². The largest absolute Gasteiger partial charge is 0.494 e. The van der Waals surface area contributed by atoms with Crippen molar-refractivity contribution in [3.05, 3.63) is 84.4 Å². The van der Waals surface area contributed by atoms with Gasteiger partial charge in [-0.2, -0.15) is 0 Å². The fourth-order valence-electron chi connectivity index (χ4n) is 2.79.